The van der Waals surface area contributed by atoms with E-state index in [2.05, 4.69) is 14.1 Å². The molecule has 0 radical (unpaired) electrons. The summed E-state index contributed by atoms with van der Waals surface area (Å²) in [5.74, 6) is -1.41. The molecule has 2 heterocycles. The van der Waals surface area contributed by atoms with Crippen LogP contribution in [0.5, 0.6) is 0 Å². The van der Waals surface area contributed by atoms with Gasteiger partial charge in [-0.3, -0.25) is 9.36 Å². The van der Waals surface area contributed by atoms with Gasteiger partial charge in [-0.15, -0.1) is 0 Å². The number of aryl methyl sites for hydroxylation is 1. The Morgan fingerprint density at radius 2 is 2.07 bits per heavy atom. The van der Waals surface area contributed by atoms with E-state index in [9.17, 15) is 14.4 Å². The second-order valence-electron chi connectivity index (χ2n) is 2.98. The molecule has 2 rings (SSSR count). The van der Waals surface area contributed by atoms with Gasteiger partial charge in [0.2, 0.25) is 11.3 Å². The molecule has 78 valence electrons. The van der Waals surface area contributed by atoms with Gasteiger partial charge in [-0.05, 0) is 0 Å². The average molecular weight is 210 g/mol. The Labute approximate surface area is 81.9 Å². The molecule has 0 bridgehead atoms. The molecule has 0 unspecified atom stereocenters. The minimum atomic E-state index is -0.913. The molecule has 0 aliphatic heterocycles. The number of fused-ring (bicyclic) bond motifs is 1. The van der Waals surface area contributed by atoms with Gasteiger partial charge in [-0.1, -0.05) is 5.16 Å². The Kier molecular flexibility index (Phi) is 1.82. The summed E-state index contributed by atoms with van der Waals surface area (Å²) >= 11 is 0. The molecule has 0 aliphatic rings. The van der Waals surface area contributed by atoms with Crippen LogP contribution in [0, 0.1) is 0 Å². The van der Waals surface area contributed by atoms with Crippen molar-refractivity contribution in [2.45, 2.75) is 6.92 Å². The molecule has 0 N–H and O–H groups in total. The van der Waals surface area contributed by atoms with Crippen molar-refractivity contribution in [1.29, 1.82) is 0 Å². The first-order valence-corrected chi connectivity index (χ1v) is 4.03. The van der Waals surface area contributed by atoms with E-state index in [-0.39, 0.29) is 16.8 Å². The number of nitrogens with zero attached hydrogens (tertiary/aromatic N) is 2. The second-order valence-corrected chi connectivity index (χ2v) is 2.98. The fraction of sp³-hybridized carbons (Fsp3) is 0.250. The summed E-state index contributed by atoms with van der Waals surface area (Å²) in [6.07, 6.45) is 0. The molecule has 7 heteroatoms. The molecule has 0 amide bonds. The largest absolute Gasteiger partial charge is 0.422 e. The van der Waals surface area contributed by atoms with Gasteiger partial charge in [0, 0.05) is 14.0 Å². The quantitative estimate of drug-likeness (QED) is 0.598. The van der Waals surface area contributed by atoms with E-state index in [1.807, 2.05) is 0 Å². The van der Waals surface area contributed by atoms with Gasteiger partial charge in [0.15, 0.2) is 5.78 Å². The topological polar surface area (TPSA) is 95.3 Å². The van der Waals surface area contributed by atoms with E-state index in [4.69, 9.17) is 0 Å². The fourth-order valence-corrected chi connectivity index (χ4v) is 1.25. The molecule has 0 aromatic carbocycles. The van der Waals surface area contributed by atoms with Crippen LogP contribution in [0.4, 0.5) is 0 Å². The van der Waals surface area contributed by atoms with Gasteiger partial charge >= 0.3 is 11.4 Å². The number of rotatable bonds is 1. The Balaban J connectivity index is 3.09. The van der Waals surface area contributed by atoms with E-state index in [1.165, 1.54) is 14.0 Å². The summed E-state index contributed by atoms with van der Waals surface area (Å²) in [5, 5.41) is 3.38. The summed E-state index contributed by atoms with van der Waals surface area (Å²) in [5.41, 5.74) is -1.02. The Morgan fingerprint density at radius 1 is 1.40 bits per heavy atom. The van der Waals surface area contributed by atoms with Gasteiger partial charge < -0.3 is 8.94 Å². The summed E-state index contributed by atoms with van der Waals surface area (Å²) < 4.78 is 10.0. The van der Waals surface area contributed by atoms with Crippen LogP contribution in [0.3, 0.4) is 0 Å². The van der Waals surface area contributed by atoms with Gasteiger partial charge in [0.05, 0.1) is 0 Å². The standard InChI is InChI=1S/C8H6N2O5/c1-3(11)6-5-4(9-15-6)7(12)14-8(13)10(5)2/h1-2H3. The molecule has 7 nitrogen and oxygen atoms in total. The number of aromatic nitrogens is 2. The smallest absolute Gasteiger partial charge is 0.371 e. The molecular formula is C8H6N2O5. The molecule has 15 heavy (non-hydrogen) atoms. The van der Waals surface area contributed by atoms with Crippen LogP contribution >= 0.6 is 0 Å². The average Bonchev–Trinajstić information content (AvgIpc) is 2.58. The van der Waals surface area contributed by atoms with Crippen LogP contribution in [0.25, 0.3) is 11.0 Å². The zero-order valence-corrected chi connectivity index (χ0v) is 7.94. The number of hydrogen-bond donors (Lipinski definition) is 0. The zero-order valence-electron chi connectivity index (χ0n) is 7.94. The molecule has 0 atom stereocenters. The minimum absolute atomic E-state index is 0.0590. The molecule has 2 aromatic heterocycles. The van der Waals surface area contributed by atoms with Crippen LogP contribution in [0.1, 0.15) is 17.5 Å². The number of Topliss-reactive ketones (excluding diaryl/α,β-unsaturated/α-hetero) is 1. The third kappa shape index (κ3) is 1.20. The lowest BCUT2D eigenvalue weighted by Crippen LogP contribution is -2.22. The van der Waals surface area contributed by atoms with E-state index < -0.39 is 17.2 Å². The molecule has 0 fully saturated rings. The van der Waals surface area contributed by atoms with Crippen LogP contribution < -0.4 is 11.4 Å². The van der Waals surface area contributed by atoms with Gasteiger partial charge in [0.25, 0.3) is 0 Å². The van der Waals surface area contributed by atoms with Crippen LogP contribution in [0.2, 0.25) is 0 Å². The van der Waals surface area contributed by atoms with Crippen molar-refractivity contribution in [3.05, 3.63) is 26.7 Å². The SMILES string of the molecule is CC(=O)c1onc2c(=O)oc(=O)n(C)c12. The van der Waals surface area contributed by atoms with Crippen LogP contribution in [0.15, 0.2) is 18.5 Å². The molecule has 2 aromatic rings. The first-order chi connectivity index (χ1) is 7.02. The highest BCUT2D eigenvalue weighted by Crippen LogP contribution is 2.12. The highest BCUT2D eigenvalue weighted by molar-refractivity contribution is 6.01. The van der Waals surface area contributed by atoms with Gasteiger partial charge in [0.1, 0.15) is 5.52 Å². The third-order valence-corrected chi connectivity index (χ3v) is 1.97. The monoisotopic (exact) mass is 210 g/mol. The van der Waals surface area contributed by atoms with Gasteiger partial charge in [-0.25, -0.2) is 9.59 Å². The molecule has 0 saturated carbocycles. The van der Waals surface area contributed by atoms with Crippen molar-refractivity contribution < 1.29 is 13.7 Å². The summed E-state index contributed by atoms with van der Waals surface area (Å²) in [7, 11) is 1.36. The summed E-state index contributed by atoms with van der Waals surface area (Å²) in [6.45, 7) is 1.25. The number of carbonyl (C=O) groups is 1. The molecular weight excluding hydrogens is 204 g/mol. The second kappa shape index (κ2) is 2.91. The molecule has 0 aliphatic carbocycles. The van der Waals surface area contributed by atoms with Gasteiger partial charge in [-0.2, -0.15) is 0 Å². The van der Waals surface area contributed by atoms with Crippen molar-refractivity contribution in [2.24, 2.45) is 7.05 Å². The zero-order chi connectivity index (χ0) is 11.2. The minimum Gasteiger partial charge on any atom is -0.371 e. The lowest BCUT2D eigenvalue weighted by atomic mass is 10.3. The lowest BCUT2D eigenvalue weighted by molar-refractivity contribution is 0.0980. The van der Waals surface area contributed by atoms with Crippen molar-refractivity contribution >= 4 is 16.8 Å². The third-order valence-electron chi connectivity index (χ3n) is 1.97. The molecule has 0 saturated heterocycles. The Hall–Kier alpha value is -2.18. The van der Waals surface area contributed by atoms with Crippen LogP contribution in [-0.2, 0) is 7.05 Å². The first-order valence-electron chi connectivity index (χ1n) is 4.03. The van der Waals surface area contributed by atoms with E-state index in [0.717, 1.165) is 4.57 Å². The number of ketones is 1. The maximum Gasteiger partial charge on any atom is 0.422 e. The van der Waals surface area contributed by atoms with E-state index in [0.29, 0.717) is 0 Å². The summed E-state index contributed by atoms with van der Waals surface area (Å²) in [4.78, 5) is 33.4. The van der Waals surface area contributed by atoms with Crippen molar-refractivity contribution in [2.75, 3.05) is 0 Å². The predicted octanol–water partition coefficient (Wildman–Crippen LogP) is -0.318. The predicted molar refractivity (Wildman–Crippen MR) is 47.8 cm³/mol. The maximum atomic E-state index is 11.2. The van der Waals surface area contributed by atoms with Crippen molar-refractivity contribution in [3.8, 4) is 0 Å². The van der Waals surface area contributed by atoms with Crippen LogP contribution in [-0.4, -0.2) is 15.5 Å². The first kappa shape index (κ1) is 9.38. The maximum absolute atomic E-state index is 11.2. The lowest BCUT2D eigenvalue weighted by Gasteiger charge is -1.95. The fourth-order valence-electron chi connectivity index (χ4n) is 1.25. The summed E-state index contributed by atoms with van der Waals surface area (Å²) in [6, 6.07) is 0. The van der Waals surface area contributed by atoms with E-state index in [1.54, 1.807) is 0 Å². The van der Waals surface area contributed by atoms with Crippen molar-refractivity contribution in [1.82, 2.24) is 9.72 Å². The Morgan fingerprint density at radius 3 is 2.67 bits per heavy atom. The molecule has 0 spiro atoms. The van der Waals surface area contributed by atoms with Crippen molar-refractivity contribution in [3.63, 3.8) is 0 Å². The number of carbonyl (C=O) groups excluding carboxylic acids is 1. The highest BCUT2D eigenvalue weighted by atomic mass is 16.5. The van der Waals surface area contributed by atoms with E-state index >= 15 is 0 Å². The highest BCUT2D eigenvalue weighted by Gasteiger charge is 2.19. The Bertz CT molecular complexity index is 660. The normalized spacial score (nSPS) is 10.8. The number of hydrogen-bond acceptors (Lipinski definition) is 6.